The van der Waals surface area contributed by atoms with Gasteiger partial charge in [-0.3, -0.25) is 9.78 Å². The largest absolute Gasteiger partial charge is 0.402 e. The first-order chi connectivity index (χ1) is 13.6. The second-order valence-corrected chi connectivity index (χ2v) is 8.02. The summed E-state index contributed by atoms with van der Waals surface area (Å²) in [4.78, 5) is 19.1. The van der Waals surface area contributed by atoms with Crippen LogP contribution < -0.4 is 5.32 Å². The molecule has 2 aliphatic rings. The minimum atomic E-state index is -0.411. The fraction of sp³-hybridized carbons (Fsp3) is 0.429. The fourth-order valence-corrected chi connectivity index (χ4v) is 3.98. The standard InChI is InChI=1S/C21H23N5O2/c1-14(19(27)26-10-8-21(6-7-21)9-11-26)23-20-25-24-18(28-20)17-12-15-4-2-3-5-16(15)13-22-17/h2-5,12-14H,6-11H2,1H3,(H,23,25)/t14-/m1/s1. The molecule has 1 saturated heterocycles. The Bertz CT molecular complexity index is 1020. The molecule has 0 unspecified atom stereocenters. The third-order valence-corrected chi connectivity index (χ3v) is 6.08. The summed E-state index contributed by atoms with van der Waals surface area (Å²) in [6.07, 6.45) is 6.71. The van der Waals surface area contributed by atoms with Crippen molar-refractivity contribution in [3.8, 4) is 11.6 Å². The molecule has 1 spiro atoms. The number of hydrogen-bond acceptors (Lipinski definition) is 6. The van der Waals surface area contributed by atoms with Crippen molar-refractivity contribution >= 4 is 22.7 Å². The molecule has 7 nitrogen and oxygen atoms in total. The van der Waals surface area contributed by atoms with Crippen molar-refractivity contribution in [2.75, 3.05) is 18.4 Å². The third-order valence-electron chi connectivity index (χ3n) is 6.08. The molecule has 1 amide bonds. The van der Waals surface area contributed by atoms with E-state index < -0.39 is 6.04 Å². The Kier molecular flexibility index (Phi) is 4.03. The Morgan fingerprint density at radius 3 is 2.64 bits per heavy atom. The van der Waals surface area contributed by atoms with Gasteiger partial charge in [0.15, 0.2) is 0 Å². The lowest BCUT2D eigenvalue weighted by Crippen LogP contribution is -2.45. The molecule has 3 aromatic rings. The van der Waals surface area contributed by atoms with Gasteiger partial charge in [0, 0.05) is 24.7 Å². The number of benzene rings is 1. The fourth-order valence-electron chi connectivity index (χ4n) is 3.98. The number of carbonyl (C=O) groups excluding carboxylic acids is 1. The maximum Gasteiger partial charge on any atom is 0.316 e. The van der Waals surface area contributed by atoms with E-state index in [2.05, 4.69) is 20.5 Å². The number of amides is 1. The van der Waals surface area contributed by atoms with Crippen LogP contribution in [0.5, 0.6) is 0 Å². The molecule has 144 valence electrons. The molecule has 1 aliphatic carbocycles. The van der Waals surface area contributed by atoms with Crippen LogP contribution >= 0.6 is 0 Å². The molecular formula is C21H23N5O2. The van der Waals surface area contributed by atoms with Gasteiger partial charge in [-0.15, -0.1) is 5.10 Å². The van der Waals surface area contributed by atoms with E-state index in [1.165, 1.54) is 12.8 Å². The van der Waals surface area contributed by atoms with Crippen LogP contribution in [-0.4, -0.2) is 45.1 Å². The van der Waals surface area contributed by atoms with E-state index in [1.807, 2.05) is 42.2 Å². The molecule has 1 saturated carbocycles. The van der Waals surface area contributed by atoms with Crippen LogP contribution in [0, 0.1) is 5.41 Å². The minimum absolute atomic E-state index is 0.0825. The van der Waals surface area contributed by atoms with Gasteiger partial charge in [0.05, 0.1) is 0 Å². The molecular weight excluding hydrogens is 354 g/mol. The third kappa shape index (κ3) is 3.21. The second kappa shape index (κ2) is 6.58. The van der Waals surface area contributed by atoms with E-state index >= 15 is 0 Å². The predicted octanol–water partition coefficient (Wildman–Crippen LogP) is 3.49. The first-order valence-electron chi connectivity index (χ1n) is 9.86. The quantitative estimate of drug-likeness (QED) is 0.749. The number of fused-ring (bicyclic) bond motifs is 1. The Morgan fingerprint density at radius 2 is 1.89 bits per heavy atom. The SMILES string of the molecule is C[C@@H](Nc1nnc(-c2cc3ccccc3cn2)o1)C(=O)N1CCC2(CC1)CC2. The highest BCUT2D eigenvalue weighted by Gasteiger charge is 2.45. The van der Waals surface area contributed by atoms with E-state index in [0.29, 0.717) is 17.0 Å². The monoisotopic (exact) mass is 377 g/mol. The van der Waals surface area contributed by atoms with Gasteiger partial charge < -0.3 is 14.6 Å². The van der Waals surface area contributed by atoms with E-state index in [1.54, 1.807) is 6.20 Å². The molecule has 0 bridgehead atoms. The van der Waals surface area contributed by atoms with Crippen LogP contribution in [0.4, 0.5) is 6.01 Å². The van der Waals surface area contributed by atoms with Crippen molar-refractivity contribution in [3.63, 3.8) is 0 Å². The topological polar surface area (TPSA) is 84.1 Å². The number of rotatable bonds is 4. The molecule has 0 radical (unpaired) electrons. The van der Waals surface area contributed by atoms with E-state index in [-0.39, 0.29) is 11.9 Å². The van der Waals surface area contributed by atoms with Crippen molar-refractivity contribution < 1.29 is 9.21 Å². The number of nitrogens with zero attached hydrogens (tertiary/aromatic N) is 4. The lowest BCUT2D eigenvalue weighted by atomic mass is 9.93. The molecule has 7 heteroatoms. The number of hydrogen-bond donors (Lipinski definition) is 1. The number of carbonyl (C=O) groups is 1. The molecule has 3 heterocycles. The van der Waals surface area contributed by atoms with Crippen LogP contribution in [0.2, 0.25) is 0 Å². The Hall–Kier alpha value is -2.96. The van der Waals surface area contributed by atoms with E-state index in [4.69, 9.17) is 4.42 Å². The number of likely N-dealkylation sites (tertiary alicyclic amines) is 1. The van der Waals surface area contributed by atoms with Crippen molar-refractivity contribution in [3.05, 3.63) is 36.5 Å². The maximum atomic E-state index is 12.7. The zero-order valence-corrected chi connectivity index (χ0v) is 15.9. The van der Waals surface area contributed by atoms with Gasteiger partial charge in [-0.2, -0.15) is 0 Å². The number of aromatic nitrogens is 3. The van der Waals surface area contributed by atoms with Crippen molar-refractivity contribution in [2.24, 2.45) is 5.41 Å². The molecule has 28 heavy (non-hydrogen) atoms. The summed E-state index contributed by atoms with van der Waals surface area (Å²) in [5.74, 6) is 0.417. The Morgan fingerprint density at radius 1 is 1.14 bits per heavy atom. The zero-order chi connectivity index (χ0) is 19.1. The van der Waals surface area contributed by atoms with Crippen LogP contribution in [0.25, 0.3) is 22.4 Å². The summed E-state index contributed by atoms with van der Waals surface area (Å²) in [7, 11) is 0. The highest BCUT2D eigenvalue weighted by Crippen LogP contribution is 2.53. The number of nitrogens with one attached hydrogen (secondary N) is 1. The van der Waals surface area contributed by atoms with E-state index in [9.17, 15) is 4.79 Å². The average Bonchev–Trinajstić information content (AvgIpc) is 3.31. The Balaban J connectivity index is 1.25. The van der Waals surface area contributed by atoms with Crippen LogP contribution in [0.1, 0.15) is 32.6 Å². The van der Waals surface area contributed by atoms with Crippen molar-refractivity contribution in [1.29, 1.82) is 0 Å². The van der Waals surface area contributed by atoms with E-state index in [0.717, 1.165) is 36.7 Å². The molecule has 1 aliphatic heterocycles. The van der Waals surface area contributed by atoms with Gasteiger partial charge in [0.2, 0.25) is 5.91 Å². The average molecular weight is 377 g/mol. The van der Waals surface area contributed by atoms with Crippen LogP contribution in [-0.2, 0) is 4.79 Å². The summed E-state index contributed by atoms with van der Waals surface area (Å²) in [5, 5.41) is 13.3. The first kappa shape index (κ1) is 17.2. The maximum absolute atomic E-state index is 12.7. The second-order valence-electron chi connectivity index (χ2n) is 8.02. The summed E-state index contributed by atoms with van der Waals surface area (Å²) in [6.45, 7) is 3.53. The predicted molar refractivity (Wildman–Crippen MR) is 106 cm³/mol. The van der Waals surface area contributed by atoms with Gasteiger partial charge in [-0.25, -0.2) is 0 Å². The van der Waals surface area contributed by atoms with Crippen LogP contribution in [0.15, 0.2) is 40.9 Å². The lowest BCUT2D eigenvalue weighted by Gasteiger charge is -2.33. The minimum Gasteiger partial charge on any atom is -0.402 e. The molecule has 1 aromatic carbocycles. The van der Waals surface area contributed by atoms with Crippen molar-refractivity contribution in [1.82, 2.24) is 20.1 Å². The van der Waals surface area contributed by atoms with Crippen LogP contribution in [0.3, 0.4) is 0 Å². The lowest BCUT2D eigenvalue weighted by molar-refractivity contribution is -0.133. The molecule has 1 atom stereocenters. The number of anilines is 1. The first-order valence-corrected chi connectivity index (χ1v) is 9.86. The highest BCUT2D eigenvalue weighted by atomic mass is 16.4. The molecule has 2 aromatic heterocycles. The van der Waals surface area contributed by atoms with Gasteiger partial charge in [-0.1, -0.05) is 29.4 Å². The smallest absolute Gasteiger partial charge is 0.316 e. The van der Waals surface area contributed by atoms with Gasteiger partial charge in [-0.05, 0) is 49.5 Å². The summed E-state index contributed by atoms with van der Waals surface area (Å²) in [5.41, 5.74) is 1.17. The molecule has 5 rings (SSSR count). The number of pyridine rings is 1. The summed E-state index contributed by atoms with van der Waals surface area (Å²) in [6, 6.07) is 9.72. The number of piperidine rings is 1. The molecule has 1 N–H and O–H groups in total. The Labute approximate surface area is 163 Å². The van der Waals surface area contributed by atoms with Gasteiger partial charge >= 0.3 is 6.01 Å². The normalized spacial score (nSPS) is 19.0. The highest BCUT2D eigenvalue weighted by molar-refractivity contribution is 5.85. The summed E-state index contributed by atoms with van der Waals surface area (Å²) < 4.78 is 5.70. The zero-order valence-electron chi connectivity index (χ0n) is 15.9. The van der Waals surface area contributed by atoms with Crippen molar-refractivity contribution in [2.45, 2.75) is 38.6 Å². The van der Waals surface area contributed by atoms with Gasteiger partial charge in [0.25, 0.3) is 5.89 Å². The molecule has 2 fully saturated rings. The summed E-state index contributed by atoms with van der Waals surface area (Å²) >= 11 is 0. The van der Waals surface area contributed by atoms with Gasteiger partial charge in [0.1, 0.15) is 11.7 Å².